The van der Waals surface area contributed by atoms with Gasteiger partial charge in [0.25, 0.3) is 0 Å². The van der Waals surface area contributed by atoms with Gasteiger partial charge in [-0.15, -0.1) is 0 Å². The van der Waals surface area contributed by atoms with Gasteiger partial charge >= 0.3 is 0 Å². The molecule has 0 fully saturated rings. The van der Waals surface area contributed by atoms with Crippen LogP contribution in [0.25, 0.3) is 44.5 Å². The second-order valence-electron chi connectivity index (χ2n) is 7.95. The minimum Gasteiger partial charge on any atom is -0.508 e. The zero-order valence-electron chi connectivity index (χ0n) is 17.3. The Hall–Kier alpha value is -4.31. The van der Waals surface area contributed by atoms with Gasteiger partial charge in [0.2, 0.25) is 5.89 Å². The highest BCUT2D eigenvalue weighted by atomic mass is 16.4. The van der Waals surface area contributed by atoms with Crippen molar-refractivity contribution in [2.24, 2.45) is 0 Å². The fourth-order valence-corrected chi connectivity index (χ4v) is 4.25. The summed E-state index contributed by atoms with van der Waals surface area (Å²) in [7, 11) is 0. The van der Waals surface area contributed by atoms with Crippen LogP contribution in [-0.4, -0.2) is 14.7 Å². The lowest BCUT2D eigenvalue weighted by Crippen LogP contribution is -1.97. The zero-order chi connectivity index (χ0) is 21.5. The summed E-state index contributed by atoms with van der Waals surface area (Å²) in [5.74, 6) is 1.59. The van der Waals surface area contributed by atoms with Crippen molar-refractivity contribution in [2.75, 3.05) is 0 Å². The molecule has 6 aromatic rings. The lowest BCUT2D eigenvalue weighted by Gasteiger charge is -2.05. The van der Waals surface area contributed by atoms with Gasteiger partial charge in [0.1, 0.15) is 5.75 Å². The van der Waals surface area contributed by atoms with Crippen LogP contribution in [0.2, 0.25) is 0 Å². The Labute approximate surface area is 185 Å². The first kappa shape index (κ1) is 18.5. The van der Waals surface area contributed by atoms with E-state index in [4.69, 9.17) is 4.42 Å². The van der Waals surface area contributed by atoms with Gasteiger partial charge in [0.15, 0.2) is 5.76 Å². The smallest absolute Gasteiger partial charge is 0.228 e. The summed E-state index contributed by atoms with van der Waals surface area (Å²) in [6.45, 7) is 0.784. The Kier molecular flexibility index (Phi) is 4.29. The summed E-state index contributed by atoms with van der Waals surface area (Å²) >= 11 is 0. The molecule has 0 spiro atoms. The number of para-hydroxylation sites is 1. The monoisotopic (exact) mass is 416 g/mol. The van der Waals surface area contributed by atoms with E-state index >= 15 is 0 Å². The number of benzene rings is 4. The van der Waals surface area contributed by atoms with Crippen LogP contribution < -0.4 is 0 Å². The number of phenols is 1. The number of hydrogen-bond donors (Lipinski definition) is 1. The predicted molar refractivity (Wildman–Crippen MR) is 128 cm³/mol. The topological polar surface area (TPSA) is 51.2 Å². The van der Waals surface area contributed by atoms with Gasteiger partial charge in [-0.2, -0.15) is 0 Å². The van der Waals surface area contributed by atoms with Gasteiger partial charge in [0.05, 0.1) is 11.8 Å². The molecule has 4 aromatic carbocycles. The normalized spacial score (nSPS) is 11.4. The van der Waals surface area contributed by atoms with Gasteiger partial charge < -0.3 is 14.1 Å². The highest BCUT2D eigenvalue weighted by molar-refractivity contribution is 5.94. The Morgan fingerprint density at radius 1 is 0.812 bits per heavy atom. The second kappa shape index (κ2) is 7.43. The number of aromatic hydroxyl groups is 1. The van der Waals surface area contributed by atoms with Gasteiger partial charge in [-0.1, -0.05) is 66.7 Å². The van der Waals surface area contributed by atoms with Crippen LogP contribution in [-0.2, 0) is 6.54 Å². The number of hydrogen-bond acceptors (Lipinski definition) is 3. The van der Waals surface area contributed by atoms with Crippen molar-refractivity contribution in [1.29, 1.82) is 0 Å². The SMILES string of the molecule is Oc1ccc2cc(-c3cnc(-c4cn(Cc5ccccc5)c5ccccc45)o3)ccc2c1. The number of fused-ring (bicyclic) bond motifs is 2. The third-order valence-electron chi connectivity index (χ3n) is 5.83. The van der Waals surface area contributed by atoms with Crippen LogP contribution in [0.15, 0.2) is 108 Å². The summed E-state index contributed by atoms with van der Waals surface area (Å²) in [4.78, 5) is 4.61. The van der Waals surface area contributed by atoms with Crippen molar-refractivity contribution >= 4 is 21.7 Å². The van der Waals surface area contributed by atoms with E-state index < -0.39 is 0 Å². The first-order valence-corrected chi connectivity index (χ1v) is 10.6. The molecule has 2 aromatic heterocycles. The summed E-state index contributed by atoms with van der Waals surface area (Å²) in [6.07, 6.45) is 3.90. The second-order valence-corrected chi connectivity index (χ2v) is 7.95. The molecule has 4 nitrogen and oxygen atoms in total. The van der Waals surface area contributed by atoms with Crippen LogP contribution in [0.5, 0.6) is 5.75 Å². The Morgan fingerprint density at radius 3 is 2.50 bits per heavy atom. The van der Waals surface area contributed by atoms with E-state index in [2.05, 4.69) is 64.3 Å². The number of aromatic nitrogens is 2. The highest BCUT2D eigenvalue weighted by Gasteiger charge is 2.16. The number of rotatable bonds is 4. The zero-order valence-corrected chi connectivity index (χ0v) is 17.3. The van der Waals surface area contributed by atoms with Gasteiger partial charge in [-0.25, -0.2) is 4.98 Å². The van der Waals surface area contributed by atoms with Crippen molar-refractivity contribution in [3.8, 4) is 28.5 Å². The van der Waals surface area contributed by atoms with E-state index in [0.717, 1.165) is 45.1 Å². The molecule has 0 radical (unpaired) electrons. The minimum absolute atomic E-state index is 0.263. The molecule has 4 heteroatoms. The Bertz CT molecular complexity index is 1560. The molecule has 1 N–H and O–H groups in total. The van der Waals surface area contributed by atoms with Crippen LogP contribution in [0.1, 0.15) is 5.56 Å². The van der Waals surface area contributed by atoms with Crippen LogP contribution >= 0.6 is 0 Å². The Balaban J connectivity index is 1.41. The average molecular weight is 416 g/mol. The third-order valence-corrected chi connectivity index (χ3v) is 5.83. The molecule has 0 aliphatic carbocycles. The lowest BCUT2D eigenvalue weighted by molar-refractivity contribution is 0.476. The summed E-state index contributed by atoms with van der Waals surface area (Å²) in [5.41, 5.74) is 4.33. The first-order valence-electron chi connectivity index (χ1n) is 10.6. The minimum atomic E-state index is 0.263. The average Bonchev–Trinajstić information content (AvgIpc) is 3.45. The van der Waals surface area contributed by atoms with Crippen molar-refractivity contribution in [3.63, 3.8) is 0 Å². The molecular formula is C28H20N2O2. The molecule has 0 aliphatic rings. The molecule has 154 valence electrons. The molecular weight excluding hydrogens is 396 g/mol. The van der Waals surface area contributed by atoms with Crippen molar-refractivity contribution in [3.05, 3.63) is 109 Å². The van der Waals surface area contributed by atoms with Crippen LogP contribution in [0.4, 0.5) is 0 Å². The van der Waals surface area contributed by atoms with Gasteiger partial charge in [0, 0.05) is 29.2 Å². The van der Waals surface area contributed by atoms with Crippen molar-refractivity contribution in [1.82, 2.24) is 9.55 Å². The number of oxazole rings is 1. The Morgan fingerprint density at radius 2 is 1.59 bits per heavy atom. The van der Waals surface area contributed by atoms with E-state index in [0.29, 0.717) is 5.89 Å². The maximum absolute atomic E-state index is 9.70. The van der Waals surface area contributed by atoms with E-state index in [1.54, 1.807) is 18.3 Å². The van der Waals surface area contributed by atoms with Crippen molar-refractivity contribution < 1.29 is 9.52 Å². The molecule has 6 rings (SSSR count). The molecule has 0 aliphatic heterocycles. The summed E-state index contributed by atoms with van der Waals surface area (Å²) in [5, 5.41) is 12.8. The molecule has 0 saturated heterocycles. The summed E-state index contributed by atoms with van der Waals surface area (Å²) in [6, 6.07) is 30.2. The molecule has 0 saturated carbocycles. The third kappa shape index (κ3) is 3.22. The van der Waals surface area contributed by atoms with Crippen molar-refractivity contribution in [2.45, 2.75) is 6.54 Å². The lowest BCUT2D eigenvalue weighted by atomic mass is 10.1. The van der Waals surface area contributed by atoms with Gasteiger partial charge in [-0.3, -0.25) is 0 Å². The quantitative estimate of drug-likeness (QED) is 0.341. The number of phenolic OH excluding ortho intramolecular Hbond substituents is 1. The maximum Gasteiger partial charge on any atom is 0.228 e. The summed E-state index contributed by atoms with van der Waals surface area (Å²) < 4.78 is 8.47. The van der Waals surface area contributed by atoms with E-state index in [9.17, 15) is 5.11 Å². The fraction of sp³-hybridized carbons (Fsp3) is 0.0357. The highest BCUT2D eigenvalue weighted by Crippen LogP contribution is 2.34. The number of nitrogens with zero attached hydrogens (tertiary/aromatic N) is 2. The molecule has 0 bridgehead atoms. The standard InChI is InChI=1S/C28H20N2O2/c31-23-13-12-20-14-22(11-10-21(20)15-23)27-16-29-28(32-27)25-18-30(17-19-6-2-1-3-7-19)26-9-5-4-8-24(25)26/h1-16,18,31H,17H2. The molecule has 32 heavy (non-hydrogen) atoms. The van der Waals surface area contributed by atoms with Crippen LogP contribution in [0.3, 0.4) is 0 Å². The molecule has 0 amide bonds. The molecule has 0 unspecified atom stereocenters. The van der Waals surface area contributed by atoms with E-state index in [1.165, 1.54) is 5.56 Å². The van der Waals surface area contributed by atoms with E-state index in [-0.39, 0.29) is 5.75 Å². The van der Waals surface area contributed by atoms with Crippen LogP contribution in [0, 0.1) is 0 Å². The largest absolute Gasteiger partial charge is 0.508 e. The van der Waals surface area contributed by atoms with E-state index in [1.807, 2.05) is 30.3 Å². The first-order chi connectivity index (χ1) is 15.7. The molecule has 0 atom stereocenters. The predicted octanol–water partition coefficient (Wildman–Crippen LogP) is 6.87. The van der Waals surface area contributed by atoms with Gasteiger partial charge in [-0.05, 0) is 40.6 Å². The molecule has 2 heterocycles. The maximum atomic E-state index is 9.70. The fourth-order valence-electron chi connectivity index (χ4n) is 4.25.